The Kier molecular flexibility index (Phi) is 4.33. The molecular formula is C17H11Cl2N3O. The number of pyridine rings is 1. The lowest BCUT2D eigenvalue weighted by atomic mass is 10.0. The fraction of sp³-hybridized carbons (Fsp3) is 0.118. The third-order valence-electron chi connectivity index (χ3n) is 3.50. The summed E-state index contributed by atoms with van der Waals surface area (Å²) in [6, 6.07) is 5.60. The maximum Gasteiger partial charge on any atom is 0.143 e. The second kappa shape index (κ2) is 6.41. The van der Waals surface area contributed by atoms with Gasteiger partial charge >= 0.3 is 0 Å². The van der Waals surface area contributed by atoms with Crippen LogP contribution in [0, 0.1) is 12.3 Å². The van der Waals surface area contributed by atoms with E-state index in [-0.39, 0.29) is 0 Å². The van der Waals surface area contributed by atoms with Gasteiger partial charge in [-0.2, -0.15) is 5.10 Å². The van der Waals surface area contributed by atoms with E-state index in [1.165, 1.54) is 0 Å². The van der Waals surface area contributed by atoms with Crippen molar-refractivity contribution < 1.29 is 4.74 Å². The Balaban J connectivity index is 2.17. The van der Waals surface area contributed by atoms with E-state index in [9.17, 15) is 0 Å². The summed E-state index contributed by atoms with van der Waals surface area (Å²) < 4.78 is 5.25. The van der Waals surface area contributed by atoms with Gasteiger partial charge < -0.3 is 4.74 Å². The van der Waals surface area contributed by atoms with E-state index in [0.717, 1.165) is 22.0 Å². The summed E-state index contributed by atoms with van der Waals surface area (Å²) in [6.45, 7) is 0. The monoisotopic (exact) mass is 343 g/mol. The molecule has 0 saturated heterocycles. The van der Waals surface area contributed by atoms with Crippen LogP contribution in [0.4, 0.5) is 0 Å². The molecule has 6 heteroatoms. The van der Waals surface area contributed by atoms with Crippen LogP contribution in [-0.4, -0.2) is 22.3 Å². The SMILES string of the molecule is C#Cc1nnc(Cc2c(Cl)cncc2Cl)c2ccc(OC)cc12. The molecule has 0 saturated carbocycles. The van der Waals surface area contributed by atoms with Crippen molar-refractivity contribution in [3.05, 3.63) is 57.6 Å². The van der Waals surface area contributed by atoms with Crippen LogP contribution in [-0.2, 0) is 6.42 Å². The number of fused-ring (bicyclic) bond motifs is 1. The number of benzene rings is 1. The third-order valence-corrected chi connectivity index (χ3v) is 4.15. The molecule has 0 radical (unpaired) electrons. The smallest absolute Gasteiger partial charge is 0.143 e. The van der Waals surface area contributed by atoms with Crippen molar-refractivity contribution in [1.82, 2.24) is 15.2 Å². The van der Waals surface area contributed by atoms with Gasteiger partial charge in [0.2, 0.25) is 0 Å². The zero-order valence-electron chi connectivity index (χ0n) is 12.2. The van der Waals surface area contributed by atoms with Crippen LogP contribution >= 0.6 is 23.2 Å². The highest BCUT2D eigenvalue weighted by Crippen LogP contribution is 2.29. The van der Waals surface area contributed by atoms with Gasteiger partial charge in [0, 0.05) is 29.6 Å². The fourth-order valence-electron chi connectivity index (χ4n) is 2.33. The minimum absolute atomic E-state index is 0.431. The summed E-state index contributed by atoms with van der Waals surface area (Å²) in [5.74, 6) is 3.25. The molecule has 0 aliphatic rings. The lowest BCUT2D eigenvalue weighted by molar-refractivity contribution is 0.415. The number of halogens is 2. The Hall–Kier alpha value is -2.35. The summed E-state index contributed by atoms with van der Waals surface area (Å²) >= 11 is 12.4. The van der Waals surface area contributed by atoms with Crippen molar-refractivity contribution in [3.63, 3.8) is 0 Å². The van der Waals surface area contributed by atoms with Gasteiger partial charge in [0.05, 0.1) is 22.8 Å². The second-order valence-electron chi connectivity index (χ2n) is 4.81. The van der Waals surface area contributed by atoms with Gasteiger partial charge in [-0.15, -0.1) is 11.5 Å². The van der Waals surface area contributed by atoms with Gasteiger partial charge in [0.1, 0.15) is 11.4 Å². The van der Waals surface area contributed by atoms with Crippen molar-refractivity contribution in [1.29, 1.82) is 0 Å². The highest BCUT2D eigenvalue weighted by Gasteiger charge is 2.13. The van der Waals surface area contributed by atoms with E-state index < -0.39 is 0 Å². The summed E-state index contributed by atoms with van der Waals surface area (Å²) in [5.41, 5.74) is 1.95. The van der Waals surface area contributed by atoms with Crippen LogP contribution in [0.25, 0.3) is 10.8 Å². The van der Waals surface area contributed by atoms with E-state index in [0.29, 0.717) is 27.9 Å². The normalized spacial score (nSPS) is 10.5. The van der Waals surface area contributed by atoms with Gasteiger partial charge in [-0.3, -0.25) is 4.98 Å². The van der Waals surface area contributed by atoms with Crippen LogP contribution < -0.4 is 4.74 Å². The van der Waals surface area contributed by atoms with E-state index in [2.05, 4.69) is 21.1 Å². The van der Waals surface area contributed by atoms with Crippen molar-refractivity contribution in [2.24, 2.45) is 0 Å². The number of nitrogens with zero attached hydrogens (tertiary/aromatic N) is 3. The number of ether oxygens (including phenoxy) is 1. The van der Waals surface area contributed by atoms with Crippen molar-refractivity contribution >= 4 is 34.0 Å². The summed E-state index contributed by atoms with van der Waals surface area (Å²) in [5, 5.41) is 11.0. The molecule has 3 rings (SSSR count). The summed E-state index contributed by atoms with van der Waals surface area (Å²) in [7, 11) is 1.60. The zero-order valence-corrected chi connectivity index (χ0v) is 13.7. The lowest BCUT2D eigenvalue weighted by Gasteiger charge is -2.10. The molecule has 0 aliphatic heterocycles. The second-order valence-corrected chi connectivity index (χ2v) is 5.62. The first-order valence-electron chi connectivity index (χ1n) is 6.72. The van der Waals surface area contributed by atoms with E-state index in [4.69, 9.17) is 34.4 Å². The molecule has 0 bridgehead atoms. The molecule has 114 valence electrons. The fourth-order valence-corrected chi connectivity index (χ4v) is 2.83. The van der Waals surface area contributed by atoms with Gasteiger partial charge in [-0.1, -0.05) is 23.2 Å². The molecule has 2 heterocycles. The first-order valence-corrected chi connectivity index (χ1v) is 7.47. The maximum absolute atomic E-state index is 6.19. The molecule has 4 nitrogen and oxygen atoms in total. The minimum Gasteiger partial charge on any atom is -0.497 e. The van der Waals surface area contributed by atoms with Gasteiger partial charge in [-0.05, 0) is 29.7 Å². The molecule has 23 heavy (non-hydrogen) atoms. The van der Waals surface area contributed by atoms with Crippen LogP contribution in [0.2, 0.25) is 10.0 Å². The van der Waals surface area contributed by atoms with Crippen LogP contribution in [0.5, 0.6) is 5.75 Å². The van der Waals surface area contributed by atoms with E-state index in [1.54, 1.807) is 19.5 Å². The van der Waals surface area contributed by atoms with Crippen LogP contribution in [0.15, 0.2) is 30.6 Å². The Morgan fingerprint density at radius 2 is 1.87 bits per heavy atom. The molecule has 0 atom stereocenters. The molecular weight excluding hydrogens is 333 g/mol. The predicted octanol–water partition coefficient (Wildman–Crippen LogP) is 3.91. The lowest BCUT2D eigenvalue weighted by Crippen LogP contribution is -2.01. The average molecular weight is 344 g/mol. The van der Waals surface area contributed by atoms with Gasteiger partial charge in [0.15, 0.2) is 0 Å². The van der Waals surface area contributed by atoms with E-state index in [1.807, 2.05) is 18.2 Å². The van der Waals surface area contributed by atoms with Crippen molar-refractivity contribution in [3.8, 4) is 18.1 Å². The maximum atomic E-state index is 6.19. The molecule has 0 spiro atoms. The largest absolute Gasteiger partial charge is 0.497 e. The van der Waals surface area contributed by atoms with Crippen molar-refractivity contribution in [2.75, 3.05) is 7.11 Å². The molecule has 0 unspecified atom stereocenters. The van der Waals surface area contributed by atoms with Gasteiger partial charge in [-0.25, -0.2) is 0 Å². The first-order chi connectivity index (χ1) is 11.1. The molecule has 2 aromatic heterocycles. The molecule has 0 N–H and O–H groups in total. The number of rotatable bonds is 3. The molecule has 0 amide bonds. The molecule has 1 aromatic carbocycles. The minimum atomic E-state index is 0.431. The standard InChI is InChI=1S/C17H11Cl2N3O/c1-3-16-12-6-10(23-2)4-5-11(12)17(22-21-16)7-13-14(18)8-20-9-15(13)19/h1,4-6,8-9H,7H2,2H3. The quantitative estimate of drug-likeness (QED) is 0.676. The molecule has 0 fully saturated rings. The Morgan fingerprint density at radius 1 is 1.13 bits per heavy atom. The molecule has 3 aromatic rings. The van der Waals surface area contributed by atoms with Gasteiger partial charge in [0.25, 0.3) is 0 Å². The summed E-state index contributed by atoms with van der Waals surface area (Å²) in [6.07, 6.45) is 9.05. The zero-order chi connectivity index (χ0) is 16.4. The number of aromatic nitrogens is 3. The van der Waals surface area contributed by atoms with Crippen LogP contribution in [0.3, 0.4) is 0 Å². The molecule has 0 aliphatic carbocycles. The number of methoxy groups -OCH3 is 1. The first kappa shape index (κ1) is 15.5. The topological polar surface area (TPSA) is 47.9 Å². The highest BCUT2D eigenvalue weighted by atomic mass is 35.5. The number of terminal acetylenes is 1. The van der Waals surface area contributed by atoms with Crippen molar-refractivity contribution in [2.45, 2.75) is 6.42 Å². The number of hydrogen-bond donors (Lipinski definition) is 0. The number of hydrogen-bond acceptors (Lipinski definition) is 4. The highest BCUT2D eigenvalue weighted by molar-refractivity contribution is 6.35. The Morgan fingerprint density at radius 3 is 2.52 bits per heavy atom. The predicted molar refractivity (Wildman–Crippen MR) is 91.1 cm³/mol. The Labute approximate surface area is 143 Å². The van der Waals surface area contributed by atoms with E-state index >= 15 is 0 Å². The third kappa shape index (κ3) is 2.94. The summed E-state index contributed by atoms with van der Waals surface area (Å²) in [4.78, 5) is 3.96. The average Bonchev–Trinajstić information content (AvgIpc) is 2.57. The van der Waals surface area contributed by atoms with Crippen LogP contribution in [0.1, 0.15) is 17.0 Å². The Bertz CT molecular complexity index is 915.